The van der Waals surface area contributed by atoms with Gasteiger partial charge in [0.15, 0.2) is 0 Å². The molecule has 0 aromatic carbocycles. The zero-order valence-electron chi connectivity index (χ0n) is 5.15. The molecule has 1 heteroatoms. The summed E-state index contributed by atoms with van der Waals surface area (Å²) in [4.78, 5) is 0. The van der Waals surface area contributed by atoms with Crippen molar-refractivity contribution in [1.82, 2.24) is 0 Å². The second kappa shape index (κ2) is 9.03. The van der Waals surface area contributed by atoms with Gasteiger partial charge < -0.3 is 1.43 Å². The van der Waals surface area contributed by atoms with E-state index in [0.717, 1.165) is 0 Å². The molecule has 0 fully saturated rings. The predicted molar refractivity (Wildman–Crippen MR) is 21.6 cm³/mol. The van der Waals surface area contributed by atoms with Crippen molar-refractivity contribution in [1.29, 1.82) is 0 Å². The maximum absolute atomic E-state index is 2.00. The third kappa shape index (κ3) is 10.9. The van der Waals surface area contributed by atoms with E-state index in [-0.39, 0.29) is 52.8 Å². The first-order valence-electron chi connectivity index (χ1n) is 1.49. The van der Waals surface area contributed by atoms with E-state index in [0.29, 0.717) is 0 Å². The second-order valence-corrected chi connectivity index (χ2v) is 0.667. The normalized spacial score (nSPS) is 7.60. The van der Waals surface area contributed by atoms with E-state index in [2.05, 4.69) is 0 Å². The van der Waals surface area contributed by atoms with E-state index in [1.54, 1.807) is 0 Å². The van der Waals surface area contributed by atoms with Gasteiger partial charge in [0.2, 0.25) is 0 Å². The molecule has 0 nitrogen and oxygen atoms in total. The van der Waals surface area contributed by atoms with Gasteiger partial charge >= 0.3 is 51.4 Å². The Morgan fingerprint density at radius 2 is 1.40 bits per heavy atom. The summed E-state index contributed by atoms with van der Waals surface area (Å²) in [7, 11) is 0. The fourth-order valence-electron chi connectivity index (χ4n) is 0. The van der Waals surface area contributed by atoms with Gasteiger partial charge in [-0.15, -0.1) is 0 Å². The Morgan fingerprint density at radius 1 is 1.20 bits per heavy atom. The van der Waals surface area contributed by atoms with Crippen molar-refractivity contribution in [2.45, 2.75) is 13.8 Å². The van der Waals surface area contributed by atoms with E-state index >= 15 is 0 Å². The van der Waals surface area contributed by atoms with Gasteiger partial charge in [-0.3, -0.25) is 0 Å². The van der Waals surface area contributed by atoms with Crippen LogP contribution in [0.2, 0.25) is 0 Å². The van der Waals surface area contributed by atoms with E-state index in [9.17, 15) is 0 Å². The molecule has 0 saturated carbocycles. The first kappa shape index (κ1) is 9.62. The summed E-state index contributed by atoms with van der Waals surface area (Å²) in [5, 5.41) is 0. The van der Waals surface area contributed by atoms with Crippen LogP contribution in [0.25, 0.3) is 0 Å². The van der Waals surface area contributed by atoms with Gasteiger partial charge in [0.25, 0.3) is 0 Å². The summed E-state index contributed by atoms with van der Waals surface area (Å²) in [5.74, 6) is 0. The molecule has 0 radical (unpaired) electrons. The maximum atomic E-state index is 2.00. The summed E-state index contributed by atoms with van der Waals surface area (Å²) in [6, 6.07) is 0. The van der Waals surface area contributed by atoms with Crippen molar-refractivity contribution in [2.75, 3.05) is 0 Å². The van der Waals surface area contributed by atoms with Crippen molar-refractivity contribution in [3.63, 3.8) is 0 Å². The van der Waals surface area contributed by atoms with Crippen LogP contribution >= 0.6 is 0 Å². The molecule has 26 valence electrons. The SMILES string of the molecule is CC=CC.[H-].[K+]. The molecule has 0 spiro atoms. The third-order valence-corrected chi connectivity index (χ3v) is 0.333. The van der Waals surface area contributed by atoms with Crippen LogP contribution in [-0.4, -0.2) is 0 Å². The summed E-state index contributed by atoms with van der Waals surface area (Å²) >= 11 is 0. The molecule has 0 unspecified atom stereocenters. The van der Waals surface area contributed by atoms with Crippen LogP contribution in [0, 0.1) is 0 Å². The van der Waals surface area contributed by atoms with Gasteiger partial charge in [0.1, 0.15) is 0 Å². The second-order valence-electron chi connectivity index (χ2n) is 0.667. The minimum absolute atomic E-state index is 0. The minimum Gasteiger partial charge on any atom is -1.00 e. The Hall–Kier alpha value is 1.38. The van der Waals surface area contributed by atoms with Crippen molar-refractivity contribution in [3.05, 3.63) is 12.2 Å². The van der Waals surface area contributed by atoms with Gasteiger partial charge in [-0.2, -0.15) is 0 Å². The molecule has 0 aromatic heterocycles. The zero-order valence-corrected chi connectivity index (χ0v) is 7.28. The van der Waals surface area contributed by atoms with Crippen molar-refractivity contribution in [2.24, 2.45) is 0 Å². The van der Waals surface area contributed by atoms with Crippen LogP contribution in [-0.2, 0) is 0 Å². The number of hydrogen-bond donors (Lipinski definition) is 0. The van der Waals surface area contributed by atoms with Gasteiger partial charge in [0, 0.05) is 0 Å². The maximum Gasteiger partial charge on any atom is 1.00 e. The van der Waals surface area contributed by atoms with Crippen LogP contribution < -0.4 is 51.4 Å². The van der Waals surface area contributed by atoms with Crippen LogP contribution in [0.3, 0.4) is 0 Å². The summed E-state index contributed by atoms with van der Waals surface area (Å²) in [6.45, 7) is 4.00. The molecule has 0 aromatic rings. The van der Waals surface area contributed by atoms with Gasteiger partial charge in [-0.25, -0.2) is 0 Å². The molecular weight excluding hydrogens is 87.1 g/mol. The van der Waals surface area contributed by atoms with Crippen LogP contribution in [0.1, 0.15) is 15.3 Å². The van der Waals surface area contributed by atoms with Gasteiger partial charge in [0.05, 0.1) is 0 Å². The molecule has 0 aliphatic heterocycles. The fourth-order valence-corrected chi connectivity index (χ4v) is 0. The largest absolute Gasteiger partial charge is 1.00 e. The predicted octanol–water partition coefficient (Wildman–Crippen LogP) is -1.30. The van der Waals surface area contributed by atoms with E-state index in [1.165, 1.54) is 0 Å². The molecule has 0 heterocycles. The monoisotopic (exact) mass is 96.0 g/mol. The van der Waals surface area contributed by atoms with Gasteiger partial charge in [-0.05, 0) is 13.8 Å². The number of rotatable bonds is 0. The van der Waals surface area contributed by atoms with Crippen molar-refractivity contribution in [3.8, 4) is 0 Å². The molecule has 0 aliphatic rings. The smallest absolute Gasteiger partial charge is 1.00 e. The van der Waals surface area contributed by atoms with E-state index in [4.69, 9.17) is 0 Å². The molecule has 0 amide bonds. The molecule has 0 aliphatic carbocycles. The standard InChI is InChI=1S/C4H8.K.H/c1-3-4-2;;/h3-4H,1-2H3;;/q;+1;-1. The van der Waals surface area contributed by atoms with E-state index in [1.807, 2.05) is 26.0 Å². The molecule has 5 heavy (non-hydrogen) atoms. The van der Waals surface area contributed by atoms with Crippen LogP contribution in [0.4, 0.5) is 0 Å². The summed E-state index contributed by atoms with van der Waals surface area (Å²) in [5.41, 5.74) is 0. The first-order valence-corrected chi connectivity index (χ1v) is 1.49. The van der Waals surface area contributed by atoms with Crippen molar-refractivity contribution >= 4 is 0 Å². The average molecular weight is 96.2 g/mol. The summed E-state index contributed by atoms with van der Waals surface area (Å²) in [6.07, 6.45) is 4.00. The Bertz CT molecular complexity index is 22.7. The minimum atomic E-state index is 0. The first-order chi connectivity index (χ1) is 1.91. The molecule has 0 rings (SSSR count). The number of allylic oxidation sites excluding steroid dienone is 2. The molecule has 0 bridgehead atoms. The Balaban J connectivity index is -0.0000000450. The van der Waals surface area contributed by atoms with Crippen molar-refractivity contribution < 1.29 is 52.8 Å². The average Bonchev–Trinajstić information content (AvgIpc) is 1.37. The molecule has 0 atom stereocenters. The Labute approximate surface area is 77.6 Å². The molecular formula is C4H9K. The van der Waals surface area contributed by atoms with Crippen LogP contribution in [0.5, 0.6) is 0 Å². The topological polar surface area (TPSA) is 0 Å². The molecule has 0 N–H and O–H groups in total. The molecule has 0 saturated heterocycles. The number of hydrogen-bond acceptors (Lipinski definition) is 0. The van der Waals surface area contributed by atoms with Crippen LogP contribution in [0.15, 0.2) is 12.2 Å². The quantitative estimate of drug-likeness (QED) is 0.260. The Kier molecular flexibility index (Phi) is 17.4. The fraction of sp³-hybridized carbons (Fsp3) is 0.500. The third-order valence-electron chi connectivity index (χ3n) is 0.333. The van der Waals surface area contributed by atoms with E-state index < -0.39 is 0 Å². The zero-order chi connectivity index (χ0) is 3.41. The summed E-state index contributed by atoms with van der Waals surface area (Å²) < 4.78 is 0. The van der Waals surface area contributed by atoms with Gasteiger partial charge in [-0.1, -0.05) is 12.2 Å². The Morgan fingerprint density at radius 3 is 1.40 bits per heavy atom.